The van der Waals surface area contributed by atoms with Crippen molar-refractivity contribution in [1.82, 2.24) is 20.0 Å². The zero-order valence-corrected chi connectivity index (χ0v) is 14.0. The fraction of sp³-hybridized carbons (Fsp3) is 0.474. The molecule has 124 valence electrons. The molecule has 1 N–H and O–H groups in total. The van der Waals surface area contributed by atoms with Crippen LogP contribution in [-0.4, -0.2) is 46.2 Å². The number of nitrogens with zero attached hydrogens (tertiary/aromatic N) is 4. The van der Waals surface area contributed by atoms with Gasteiger partial charge in [0.1, 0.15) is 0 Å². The molecule has 1 aromatic carbocycles. The highest BCUT2D eigenvalue weighted by Gasteiger charge is 2.22. The number of aryl methyl sites for hydroxylation is 1. The molecule has 0 bridgehead atoms. The second-order valence-electron chi connectivity index (χ2n) is 6.84. The van der Waals surface area contributed by atoms with E-state index in [-0.39, 0.29) is 0 Å². The number of hydrogen-bond acceptors (Lipinski definition) is 4. The predicted molar refractivity (Wildman–Crippen MR) is 92.3 cm³/mol. The van der Waals surface area contributed by atoms with Crippen LogP contribution in [0.1, 0.15) is 34.5 Å². The van der Waals surface area contributed by atoms with Crippen LogP contribution in [0.15, 0.2) is 24.3 Å². The van der Waals surface area contributed by atoms with E-state index < -0.39 is 0 Å². The van der Waals surface area contributed by atoms with Gasteiger partial charge in [-0.25, -0.2) is 0 Å². The average molecular weight is 321 g/mol. The van der Waals surface area contributed by atoms with Crippen LogP contribution in [0.5, 0.6) is 0 Å². The van der Waals surface area contributed by atoms with Crippen molar-refractivity contribution in [3.05, 3.63) is 52.3 Å². The van der Waals surface area contributed by atoms with E-state index in [9.17, 15) is 0 Å². The highest BCUT2D eigenvalue weighted by Crippen LogP contribution is 2.24. The summed E-state index contributed by atoms with van der Waals surface area (Å²) < 4.78 is 0. The van der Waals surface area contributed by atoms with Crippen LogP contribution in [0.4, 0.5) is 0 Å². The van der Waals surface area contributed by atoms with Crippen LogP contribution < -0.4 is 0 Å². The maximum atomic E-state index is 8.87. The molecule has 5 nitrogen and oxygen atoms in total. The molecule has 5 heteroatoms. The molecule has 2 aliphatic rings. The van der Waals surface area contributed by atoms with Crippen LogP contribution in [0.25, 0.3) is 0 Å². The minimum absolute atomic E-state index is 0.732. The lowest BCUT2D eigenvalue weighted by molar-refractivity contribution is 0.121. The van der Waals surface area contributed by atoms with Crippen molar-refractivity contribution in [2.24, 2.45) is 0 Å². The number of nitriles is 1. The summed E-state index contributed by atoms with van der Waals surface area (Å²) in [6, 6.07) is 10.1. The molecule has 0 atom stereocenters. The number of aromatic nitrogens is 2. The number of benzene rings is 1. The number of hydrogen-bond donors (Lipinski definition) is 1. The normalized spacial score (nSPS) is 18.5. The van der Waals surface area contributed by atoms with Crippen molar-refractivity contribution >= 4 is 0 Å². The molecule has 0 amide bonds. The van der Waals surface area contributed by atoms with E-state index in [2.05, 4.69) is 38.2 Å². The highest BCUT2D eigenvalue weighted by molar-refractivity contribution is 5.31. The SMILES string of the molecule is N#Cc1ccc(CN2CCN(Cc3n[nH]c4c3CCC4)CC2)cc1. The van der Waals surface area contributed by atoms with Gasteiger partial charge < -0.3 is 0 Å². The van der Waals surface area contributed by atoms with Crippen LogP contribution in [0, 0.1) is 11.3 Å². The minimum Gasteiger partial charge on any atom is -0.297 e. The largest absolute Gasteiger partial charge is 0.297 e. The van der Waals surface area contributed by atoms with Gasteiger partial charge in [-0.2, -0.15) is 10.4 Å². The topological polar surface area (TPSA) is 59.0 Å². The zero-order chi connectivity index (χ0) is 16.4. The Hall–Kier alpha value is -2.16. The smallest absolute Gasteiger partial charge is 0.0991 e. The predicted octanol–water partition coefficient (Wildman–Crippen LogP) is 2.09. The van der Waals surface area contributed by atoms with Gasteiger partial charge in [-0.3, -0.25) is 14.9 Å². The monoisotopic (exact) mass is 321 g/mol. The molecular formula is C19H23N5. The summed E-state index contributed by atoms with van der Waals surface area (Å²) in [5.41, 5.74) is 6.13. The minimum atomic E-state index is 0.732. The Labute approximate surface area is 142 Å². The number of aromatic amines is 1. The first-order chi connectivity index (χ1) is 11.8. The van der Waals surface area contributed by atoms with Crippen molar-refractivity contribution in [2.45, 2.75) is 32.4 Å². The molecule has 24 heavy (non-hydrogen) atoms. The Morgan fingerprint density at radius 3 is 2.42 bits per heavy atom. The second-order valence-corrected chi connectivity index (χ2v) is 6.84. The van der Waals surface area contributed by atoms with E-state index in [0.717, 1.165) is 44.8 Å². The summed E-state index contributed by atoms with van der Waals surface area (Å²) in [6.45, 7) is 6.32. The summed E-state index contributed by atoms with van der Waals surface area (Å²) >= 11 is 0. The van der Waals surface area contributed by atoms with Gasteiger partial charge in [-0.05, 0) is 42.5 Å². The number of fused-ring (bicyclic) bond motifs is 1. The quantitative estimate of drug-likeness (QED) is 0.937. The van der Waals surface area contributed by atoms with Crippen molar-refractivity contribution in [2.75, 3.05) is 26.2 Å². The summed E-state index contributed by atoms with van der Waals surface area (Å²) in [4.78, 5) is 5.01. The Balaban J connectivity index is 1.29. The molecule has 1 aromatic heterocycles. The molecule has 0 saturated carbocycles. The average Bonchev–Trinajstić information content (AvgIpc) is 3.22. The molecule has 1 fully saturated rings. The first kappa shape index (κ1) is 15.4. The van der Waals surface area contributed by atoms with Gasteiger partial charge in [0.15, 0.2) is 0 Å². The lowest BCUT2D eigenvalue weighted by Crippen LogP contribution is -2.45. The first-order valence-corrected chi connectivity index (χ1v) is 8.80. The van der Waals surface area contributed by atoms with Gasteiger partial charge in [-0.15, -0.1) is 0 Å². The van der Waals surface area contributed by atoms with E-state index in [1.54, 1.807) is 0 Å². The van der Waals surface area contributed by atoms with Crippen molar-refractivity contribution in [1.29, 1.82) is 5.26 Å². The van der Waals surface area contributed by atoms with Gasteiger partial charge in [-0.1, -0.05) is 12.1 Å². The number of nitrogens with one attached hydrogen (secondary N) is 1. The molecule has 2 heterocycles. The Morgan fingerprint density at radius 1 is 1.00 bits per heavy atom. The maximum Gasteiger partial charge on any atom is 0.0991 e. The first-order valence-electron chi connectivity index (χ1n) is 8.80. The fourth-order valence-corrected chi connectivity index (χ4v) is 3.78. The van der Waals surface area contributed by atoms with Gasteiger partial charge in [0.25, 0.3) is 0 Å². The van der Waals surface area contributed by atoms with Crippen LogP contribution >= 0.6 is 0 Å². The van der Waals surface area contributed by atoms with Crippen LogP contribution in [0.3, 0.4) is 0 Å². The third-order valence-corrected chi connectivity index (χ3v) is 5.22. The lowest BCUT2D eigenvalue weighted by Gasteiger charge is -2.34. The van der Waals surface area contributed by atoms with Crippen LogP contribution in [0.2, 0.25) is 0 Å². The summed E-state index contributed by atoms with van der Waals surface area (Å²) in [5.74, 6) is 0. The molecule has 1 aliphatic heterocycles. The standard InChI is InChI=1S/C19H23N5/c20-12-15-4-6-16(7-5-15)13-23-8-10-24(11-9-23)14-19-17-2-1-3-18(17)21-22-19/h4-7H,1-3,8-11,13-14H2,(H,21,22). The molecular weight excluding hydrogens is 298 g/mol. The number of piperazine rings is 1. The molecule has 0 radical (unpaired) electrons. The van der Waals surface area contributed by atoms with E-state index in [1.807, 2.05) is 12.1 Å². The van der Waals surface area contributed by atoms with Crippen molar-refractivity contribution in [3.8, 4) is 6.07 Å². The number of H-pyrrole nitrogens is 1. The van der Waals surface area contributed by atoms with Gasteiger partial charge >= 0.3 is 0 Å². The lowest BCUT2D eigenvalue weighted by atomic mass is 10.1. The van der Waals surface area contributed by atoms with Gasteiger partial charge in [0.05, 0.1) is 17.3 Å². The van der Waals surface area contributed by atoms with E-state index >= 15 is 0 Å². The molecule has 1 saturated heterocycles. The Bertz CT molecular complexity index is 732. The third-order valence-electron chi connectivity index (χ3n) is 5.22. The van der Waals surface area contributed by atoms with E-state index in [1.165, 1.54) is 41.8 Å². The van der Waals surface area contributed by atoms with E-state index in [0.29, 0.717) is 0 Å². The van der Waals surface area contributed by atoms with Gasteiger partial charge in [0.2, 0.25) is 0 Å². The Morgan fingerprint density at radius 2 is 1.71 bits per heavy atom. The molecule has 2 aromatic rings. The third kappa shape index (κ3) is 3.21. The summed E-state index contributed by atoms with van der Waals surface area (Å²) in [7, 11) is 0. The zero-order valence-electron chi connectivity index (χ0n) is 14.0. The van der Waals surface area contributed by atoms with Crippen molar-refractivity contribution < 1.29 is 0 Å². The van der Waals surface area contributed by atoms with Crippen LogP contribution in [-0.2, 0) is 25.9 Å². The summed E-state index contributed by atoms with van der Waals surface area (Å²) in [6.07, 6.45) is 3.63. The van der Waals surface area contributed by atoms with E-state index in [4.69, 9.17) is 5.26 Å². The van der Waals surface area contributed by atoms with Crippen molar-refractivity contribution in [3.63, 3.8) is 0 Å². The molecule has 1 aliphatic carbocycles. The number of rotatable bonds is 4. The maximum absolute atomic E-state index is 8.87. The molecule has 4 rings (SSSR count). The van der Waals surface area contributed by atoms with Gasteiger partial charge in [0, 0.05) is 45.0 Å². The second kappa shape index (κ2) is 6.76. The molecule has 0 spiro atoms. The Kier molecular flexibility index (Phi) is 4.33. The molecule has 0 unspecified atom stereocenters. The highest BCUT2D eigenvalue weighted by atomic mass is 15.3. The summed E-state index contributed by atoms with van der Waals surface area (Å²) in [5, 5.41) is 16.6. The fourth-order valence-electron chi connectivity index (χ4n) is 3.78.